The SMILES string of the molecule is CCCCCN(Cc1ccc(-c2ccccc2-c2nn[nH]n2)cc1)S(=O)(=O)NC(=O)Nc1c(C(C)C)cccc1C(C)C. The van der Waals surface area contributed by atoms with E-state index in [2.05, 4.69) is 37.6 Å². The number of carbonyl (C=O) groups excluding carboxylic acids is 1. The molecule has 3 N–H and O–H groups in total. The molecule has 0 saturated heterocycles. The van der Waals surface area contributed by atoms with Gasteiger partial charge in [-0.3, -0.25) is 0 Å². The summed E-state index contributed by atoms with van der Waals surface area (Å²) in [5.41, 5.74) is 6.09. The zero-order valence-corrected chi connectivity index (χ0v) is 26.3. The number of para-hydroxylation sites is 1. The van der Waals surface area contributed by atoms with Gasteiger partial charge in [0.15, 0.2) is 0 Å². The fourth-order valence-corrected chi connectivity index (χ4v) is 6.14. The van der Waals surface area contributed by atoms with Crippen molar-refractivity contribution in [1.29, 1.82) is 0 Å². The Balaban J connectivity index is 1.54. The monoisotopic (exact) mass is 603 g/mol. The molecule has 43 heavy (non-hydrogen) atoms. The molecule has 0 radical (unpaired) electrons. The zero-order valence-electron chi connectivity index (χ0n) is 25.5. The van der Waals surface area contributed by atoms with Crippen LogP contribution in [0.1, 0.15) is 82.4 Å². The Morgan fingerprint density at radius 1 is 0.884 bits per heavy atom. The third-order valence-corrected chi connectivity index (χ3v) is 8.76. The number of anilines is 1. The Kier molecular flexibility index (Phi) is 10.7. The Morgan fingerprint density at radius 2 is 1.53 bits per heavy atom. The van der Waals surface area contributed by atoms with Crippen LogP contribution in [0.25, 0.3) is 22.5 Å². The van der Waals surface area contributed by atoms with Crippen molar-refractivity contribution < 1.29 is 13.2 Å². The first kappa shape index (κ1) is 31.8. The third-order valence-electron chi connectivity index (χ3n) is 7.32. The topological polar surface area (TPSA) is 133 Å². The minimum atomic E-state index is -4.14. The van der Waals surface area contributed by atoms with Crippen molar-refractivity contribution in [1.82, 2.24) is 29.7 Å². The summed E-state index contributed by atoms with van der Waals surface area (Å²) in [6, 6.07) is 20.6. The number of hydrogen-bond acceptors (Lipinski definition) is 6. The number of aromatic nitrogens is 4. The molecule has 4 rings (SSSR count). The van der Waals surface area contributed by atoms with Crippen LogP contribution in [0.15, 0.2) is 66.7 Å². The van der Waals surface area contributed by atoms with Gasteiger partial charge in [0.25, 0.3) is 0 Å². The van der Waals surface area contributed by atoms with Gasteiger partial charge in [-0.05, 0) is 51.3 Å². The van der Waals surface area contributed by atoms with Gasteiger partial charge < -0.3 is 5.32 Å². The maximum Gasteiger partial charge on any atom is 0.333 e. The van der Waals surface area contributed by atoms with Gasteiger partial charge in [0.05, 0.1) is 0 Å². The second-order valence-electron chi connectivity index (χ2n) is 11.2. The Hall–Kier alpha value is -4.09. The summed E-state index contributed by atoms with van der Waals surface area (Å²) in [4.78, 5) is 13.2. The first-order valence-electron chi connectivity index (χ1n) is 14.7. The highest BCUT2D eigenvalue weighted by Gasteiger charge is 2.26. The average molecular weight is 604 g/mol. The molecule has 0 aliphatic carbocycles. The molecule has 0 saturated carbocycles. The predicted octanol–water partition coefficient (Wildman–Crippen LogP) is 6.84. The van der Waals surface area contributed by atoms with Crippen LogP contribution in [0.2, 0.25) is 0 Å². The van der Waals surface area contributed by atoms with Crippen molar-refractivity contribution in [3.63, 3.8) is 0 Å². The van der Waals surface area contributed by atoms with Crippen LogP contribution in [0.5, 0.6) is 0 Å². The van der Waals surface area contributed by atoms with Crippen molar-refractivity contribution in [2.24, 2.45) is 0 Å². The standard InChI is InChI=1S/C32H41N7O3S/c1-6-7-10-20-39(43(41,42)36-32(40)33-30-26(22(2)3)14-11-15-27(30)23(4)5)21-24-16-18-25(19-17-24)28-12-8-9-13-29(28)31-34-37-38-35-31/h8-9,11-19,22-23H,6-7,10,20-21H2,1-5H3,(H2,33,36,40)(H,34,35,37,38). The van der Waals surface area contributed by atoms with Crippen LogP contribution >= 0.6 is 0 Å². The molecule has 228 valence electrons. The van der Waals surface area contributed by atoms with Crippen molar-refractivity contribution in [2.75, 3.05) is 11.9 Å². The second-order valence-corrected chi connectivity index (χ2v) is 12.9. The number of tetrazole rings is 1. The summed E-state index contributed by atoms with van der Waals surface area (Å²) in [6.45, 7) is 10.7. The number of unbranched alkanes of at least 4 members (excludes halogenated alkanes) is 2. The molecule has 11 heteroatoms. The van der Waals surface area contributed by atoms with E-state index in [-0.39, 0.29) is 18.4 Å². The van der Waals surface area contributed by atoms with Crippen LogP contribution in [0.4, 0.5) is 10.5 Å². The molecule has 0 unspecified atom stereocenters. The molecule has 0 spiro atoms. The maximum atomic E-state index is 13.6. The molecule has 4 aromatic rings. The number of urea groups is 1. The van der Waals surface area contributed by atoms with E-state index < -0.39 is 16.2 Å². The fourth-order valence-electron chi connectivity index (χ4n) is 5.04. The molecule has 1 heterocycles. The van der Waals surface area contributed by atoms with Crippen LogP contribution < -0.4 is 10.0 Å². The minimum absolute atomic E-state index is 0.124. The van der Waals surface area contributed by atoms with Crippen molar-refractivity contribution >= 4 is 21.9 Å². The molecule has 3 aromatic carbocycles. The molecular formula is C32H41N7O3S. The lowest BCUT2D eigenvalue weighted by molar-refractivity contribution is 0.255. The first-order chi connectivity index (χ1) is 20.6. The molecule has 10 nitrogen and oxygen atoms in total. The van der Waals surface area contributed by atoms with Crippen LogP contribution in [-0.4, -0.2) is 45.9 Å². The van der Waals surface area contributed by atoms with Crippen molar-refractivity contribution in [3.05, 3.63) is 83.4 Å². The Labute approximate surface area is 254 Å². The largest absolute Gasteiger partial charge is 0.333 e. The Morgan fingerprint density at radius 3 is 2.12 bits per heavy atom. The van der Waals surface area contributed by atoms with Gasteiger partial charge >= 0.3 is 16.2 Å². The fraction of sp³-hybridized carbons (Fsp3) is 0.375. The predicted molar refractivity (Wildman–Crippen MR) is 171 cm³/mol. The maximum absolute atomic E-state index is 13.6. The summed E-state index contributed by atoms with van der Waals surface area (Å²) < 4.78 is 30.7. The van der Waals surface area contributed by atoms with Crippen molar-refractivity contribution in [3.8, 4) is 22.5 Å². The summed E-state index contributed by atoms with van der Waals surface area (Å²) >= 11 is 0. The highest BCUT2D eigenvalue weighted by atomic mass is 32.2. The number of hydrogen-bond donors (Lipinski definition) is 3. The van der Waals surface area contributed by atoms with E-state index >= 15 is 0 Å². The lowest BCUT2D eigenvalue weighted by atomic mass is 9.93. The van der Waals surface area contributed by atoms with Gasteiger partial charge in [0.1, 0.15) is 0 Å². The molecule has 0 fully saturated rings. The molecule has 0 aliphatic rings. The number of nitrogens with zero attached hydrogens (tertiary/aromatic N) is 4. The van der Waals surface area contributed by atoms with E-state index in [0.29, 0.717) is 24.5 Å². The number of carbonyl (C=O) groups is 1. The number of rotatable bonds is 13. The summed E-state index contributed by atoms with van der Waals surface area (Å²) in [7, 11) is -4.14. The minimum Gasteiger partial charge on any atom is -0.307 e. The smallest absolute Gasteiger partial charge is 0.307 e. The van der Waals surface area contributed by atoms with Gasteiger partial charge in [-0.2, -0.15) is 17.9 Å². The number of nitrogens with one attached hydrogen (secondary N) is 3. The van der Waals surface area contributed by atoms with Gasteiger partial charge in [0, 0.05) is 24.3 Å². The first-order valence-corrected chi connectivity index (χ1v) is 16.2. The summed E-state index contributed by atoms with van der Waals surface area (Å²) in [5.74, 6) is 0.797. The molecule has 2 amide bonds. The second kappa shape index (κ2) is 14.4. The normalized spacial score (nSPS) is 11.8. The van der Waals surface area contributed by atoms with Gasteiger partial charge in [-0.1, -0.05) is 114 Å². The van der Waals surface area contributed by atoms with Gasteiger partial charge in [0.2, 0.25) is 5.82 Å². The van der Waals surface area contributed by atoms with Crippen LogP contribution in [-0.2, 0) is 16.8 Å². The van der Waals surface area contributed by atoms with E-state index in [1.165, 1.54) is 4.31 Å². The number of benzene rings is 3. The molecule has 0 atom stereocenters. The average Bonchev–Trinajstić information content (AvgIpc) is 3.52. The van der Waals surface area contributed by atoms with Crippen molar-refractivity contribution in [2.45, 2.75) is 72.3 Å². The zero-order chi connectivity index (χ0) is 31.0. The lowest BCUT2D eigenvalue weighted by Gasteiger charge is -2.24. The van der Waals surface area contributed by atoms with E-state index in [1.807, 2.05) is 94.4 Å². The molecule has 0 bridgehead atoms. The quantitative estimate of drug-likeness (QED) is 0.143. The van der Waals surface area contributed by atoms with Gasteiger partial charge in [-0.15, -0.1) is 10.2 Å². The highest BCUT2D eigenvalue weighted by Crippen LogP contribution is 2.33. The Bertz CT molecular complexity index is 1580. The van der Waals surface area contributed by atoms with Crippen LogP contribution in [0.3, 0.4) is 0 Å². The van der Waals surface area contributed by atoms with E-state index in [1.54, 1.807) is 0 Å². The lowest BCUT2D eigenvalue weighted by Crippen LogP contribution is -2.45. The molecule has 1 aromatic heterocycles. The number of amides is 2. The van der Waals surface area contributed by atoms with E-state index in [0.717, 1.165) is 46.2 Å². The molecular weight excluding hydrogens is 562 g/mol. The number of H-pyrrole nitrogens is 1. The molecule has 0 aliphatic heterocycles. The highest BCUT2D eigenvalue weighted by molar-refractivity contribution is 7.87. The number of aromatic amines is 1. The third kappa shape index (κ3) is 8.05. The van der Waals surface area contributed by atoms with E-state index in [4.69, 9.17) is 0 Å². The van der Waals surface area contributed by atoms with Gasteiger partial charge in [-0.25, -0.2) is 9.52 Å². The van der Waals surface area contributed by atoms with E-state index in [9.17, 15) is 13.2 Å². The van der Waals surface area contributed by atoms with Crippen LogP contribution in [0, 0.1) is 0 Å². The summed E-state index contributed by atoms with van der Waals surface area (Å²) in [5, 5.41) is 17.2. The summed E-state index contributed by atoms with van der Waals surface area (Å²) in [6.07, 6.45) is 2.51.